The molecular weight excluding hydrogens is 519 g/mol. The molecule has 8 nitrogen and oxygen atoms in total. The Morgan fingerprint density at radius 2 is 1.82 bits per heavy atom. The number of rotatable bonds is 7. The van der Waals surface area contributed by atoms with E-state index in [1.54, 1.807) is 42.2 Å². The van der Waals surface area contributed by atoms with Gasteiger partial charge in [-0.2, -0.15) is 18.3 Å². The Morgan fingerprint density at radius 3 is 2.45 bits per heavy atom. The molecule has 0 atom stereocenters. The van der Waals surface area contributed by atoms with Crippen LogP contribution in [0.5, 0.6) is 0 Å². The summed E-state index contributed by atoms with van der Waals surface area (Å²) in [7, 11) is 1.81. The molecule has 2 heterocycles. The van der Waals surface area contributed by atoms with Crippen molar-refractivity contribution < 1.29 is 18.0 Å². The second-order valence-electron chi connectivity index (χ2n) is 10.4. The predicted molar refractivity (Wildman–Crippen MR) is 151 cm³/mol. The van der Waals surface area contributed by atoms with E-state index in [4.69, 9.17) is 11.6 Å². The van der Waals surface area contributed by atoms with Crippen LogP contribution in [0.15, 0.2) is 42.7 Å². The Hall–Kier alpha value is -3.83. The van der Waals surface area contributed by atoms with Crippen molar-refractivity contribution in [2.45, 2.75) is 52.8 Å². The summed E-state index contributed by atoms with van der Waals surface area (Å²) < 4.78 is 43.5. The van der Waals surface area contributed by atoms with Gasteiger partial charge in [-0.3, -0.25) is 19.4 Å². The molecule has 1 aliphatic heterocycles. The van der Waals surface area contributed by atoms with Crippen LogP contribution in [-0.4, -0.2) is 33.7 Å². The second-order valence-corrected chi connectivity index (χ2v) is 10.4. The molecule has 1 aromatic heterocycles. The molecular formula is C29H36F3N7O. The van der Waals surface area contributed by atoms with Crippen LogP contribution in [0, 0.1) is 20.8 Å². The van der Waals surface area contributed by atoms with Crippen LogP contribution in [0.2, 0.25) is 0 Å². The first kappa shape index (κ1) is 29.2. The maximum Gasteiger partial charge on any atom is 0.416 e. The summed E-state index contributed by atoms with van der Waals surface area (Å²) in [5.41, 5.74) is 9.85. The Labute approximate surface area is 232 Å². The number of carbonyl (C=O) groups excluding carboxylic acids is 1. The number of carbonyl (C=O) groups is 1. The number of hydrogen-bond acceptors (Lipinski definition) is 6. The summed E-state index contributed by atoms with van der Waals surface area (Å²) in [4.78, 5) is 15.4. The van der Waals surface area contributed by atoms with Gasteiger partial charge in [0.1, 0.15) is 0 Å². The minimum atomic E-state index is -4.54. The first-order valence-electron chi connectivity index (χ1n) is 13.2. The first-order valence-corrected chi connectivity index (χ1v) is 13.2. The third-order valence-electron chi connectivity index (χ3n) is 7.50. The zero-order valence-corrected chi connectivity index (χ0v) is 23.3. The fourth-order valence-corrected chi connectivity index (χ4v) is 4.97. The van der Waals surface area contributed by atoms with Crippen molar-refractivity contribution in [3.63, 3.8) is 0 Å². The molecule has 0 unspecified atom stereocenters. The summed E-state index contributed by atoms with van der Waals surface area (Å²) in [6.07, 6.45) is 1.82. The van der Waals surface area contributed by atoms with Crippen molar-refractivity contribution in [2.24, 2.45) is 18.6 Å². The number of hydrogen-bond donors (Lipinski definition) is 3. The van der Waals surface area contributed by atoms with Crippen molar-refractivity contribution in [3.8, 4) is 0 Å². The number of hydrazine groups is 1. The first-order chi connectivity index (χ1) is 18.8. The molecule has 214 valence electrons. The van der Waals surface area contributed by atoms with Crippen LogP contribution in [0.25, 0.3) is 5.70 Å². The highest BCUT2D eigenvalue weighted by Gasteiger charge is 2.34. The number of likely N-dealkylation sites (tertiary alicyclic amines) is 1. The number of halogens is 3. The van der Waals surface area contributed by atoms with E-state index < -0.39 is 17.6 Å². The van der Waals surface area contributed by atoms with Crippen molar-refractivity contribution >= 4 is 23.0 Å². The lowest BCUT2D eigenvalue weighted by Gasteiger charge is -2.28. The topological polar surface area (TPSA) is 105 Å². The molecule has 0 saturated carbocycles. The lowest BCUT2D eigenvalue weighted by atomic mass is 9.99. The van der Waals surface area contributed by atoms with Gasteiger partial charge in [0, 0.05) is 42.3 Å². The third-order valence-corrected chi connectivity index (χ3v) is 7.50. The van der Waals surface area contributed by atoms with E-state index >= 15 is 0 Å². The zero-order valence-electron chi connectivity index (χ0n) is 23.3. The van der Waals surface area contributed by atoms with Gasteiger partial charge in [0.15, 0.2) is 0 Å². The molecule has 1 amide bonds. The van der Waals surface area contributed by atoms with Gasteiger partial charge in [-0.25, -0.2) is 5.84 Å². The molecule has 0 aliphatic carbocycles. The number of nitrogens with two attached hydrogens (primary N) is 2. The van der Waals surface area contributed by atoms with E-state index in [-0.39, 0.29) is 16.8 Å². The van der Waals surface area contributed by atoms with E-state index in [9.17, 15) is 18.0 Å². The predicted octanol–water partition coefficient (Wildman–Crippen LogP) is 5.24. The summed E-state index contributed by atoms with van der Waals surface area (Å²) in [6, 6.07) is 7.55. The maximum absolute atomic E-state index is 13.9. The normalized spacial score (nSPS) is 14.8. The lowest BCUT2D eigenvalue weighted by molar-refractivity contribution is -0.138. The molecule has 1 fully saturated rings. The van der Waals surface area contributed by atoms with Crippen molar-refractivity contribution in [2.75, 3.05) is 23.4 Å². The van der Waals surface area contributed by atoms with Crippen molar-refractivity contribution in [1.82, 2.24) is 14.7 Å². The van der Waals surface area contributed by atoms with Crippen LogP contribution in [0.3, 0.4) is 0 Å². The number of alkyl halides is 3. The number of benzene rings is 2. The number of aromatic nitrogens is 2. The summed E-state index contributed by atoms with van der Waals surface area (Å²) in [6.45, 7) is 7.30. The molecule has 2 aromatic carbocycles. The fraction of sp³-hybridized carbons (Fsp3) is 0.379. The highest BCUT2D eigenvalue weighted by molar-refractivity contribution is 6.05. The Balaban J connectivity index is 1.60. The van der Waals surface area contributed by atoms with Crippen LogP contribution in [0.4, 0.5) is 24.5 Å². The Kier molecular flexibility index (Phi) is 8.55. The quantitative estimate of drug-likeness (QED) is 0.272. The fourth-order valence-electron chi connectivity index (χ4n) is 4.97. The van der Waals surface area contributed by atoms with Gasteiger partial charge < -0.3 is 11.1 Å². The summed E-state index contributed by atoms with van der Waals surface area (Å²) >= 11 is 0. The Morgan fingerprint density at radius 1 is 1.12 bits per heavy atom. The van der Waals surface area contributed by atoms with Gasteiger partial charge in [-0.15, -0.1) is 0 Å². The molecule has 40 heavy (non-hydrogen) atoms. The van der Waals surface area contributed by atoms with Gasteiger partial charge >= 0.3 is 6.18 Å². The minimum absolute atomic E-state index is 0.0952. The second kappa shape index (κ2) is 11.7. The van der Waals surface area contributed by atoms with Crippen LogP contribution in [-0.2, 0) is 19.8 Å². The SMILES string of the molecule is Cc1ccc(C(=O)Nc2cc(CN3CCCCC3)c(C)c(C(F)(F)F)c2)cc1N(N)/C=C(\N)c1cnn(C)c1C. The minimum Gasteiger partial charge on any atom is -0.397 e. The highest BCUT2D eigenvalue weighted by atomic mass is 19.4. The van der Waals surface area contributed by atoms with E-state index in [0.29, 0.717) is 23.5 Å². The monoisotopic (exact) mass is 555 g/mol. The summed E-state index contributed by atoms with van der Waals surface area (Å²) in [5, 5.41) is 8.18. The number of aryl methyl sites for hydroxylation is 2. The molecule has 11 heteroatoms. The van der Waals surface area contributed by atoms with Gasteiger partial charge in [-0.1, -0.05) is 12.5 Å². The number of nitrogens with zero attached hydrogens (tertiary/aromatic N) is 4. The smallest absolute Gasteiger partial charge is 0.397 e. The van der Waals surface area contributed by atoms with Crippen LogP contribution >= 0.6 is 0 Å². The summed E-state index contributed by atoms with van der Waals surface area (Å²) in [5.74, 6) is 5.75. The maximum atomic E-state index is 13.9. The number of piperidine rings is 1. The molecule has 0 bridgehead atoms. The van der Waals surface area contributed by atoms with Crippen molar-refractivity contribution in [1.29, 1.82) is 0 Å². The van der Waals surface area contributed by atoms with E-state index in [1.807, 2.05) is 13.8 Å². The number of amides is 1. The lowest BCUT2D eigenvalue weighted by Crippen LogP contribution is -2.29. The number of anilines is 2. The van der Waals surface area contributed by atoms with E-state index in [1.165, 1.54) is 18.1 Å². The largest absolute Gasteiger partial charge is 0.416 e. The standard InChI is InChI=1S/C29H36F3N7O/c1-18-8-9-21(13-27(18)39(34)17-26(33)24-15-35-37(4)20(24)3)28(40)36-23-12-22(16-38-10-6-5-7-11-38)19(2)25(14-23)29(30,31)32/h8-9,12-15,17H,5-7,10-11,16,33-34H2,1-4H3,(H,36,40)/b26-17-. The molecule has 4 rings (SSSR count). The molecule has 1 saturated heterocycles. The Bertz CT molecular complexity index is 1420. The van der Waals surface area contributed by atoms with E-state index in [0.717, 1.165) is 55.2 Å². The highest BCUT2D eigenvalue weighted by Crippen LogP contribution is 2.36. The molecule has 5 N–H and O–H groups in total. The third kappa shape index (κ3) is 6.48. The molecule has 1 aliphatic rings. The number of nitrogens with one attached hydrogen (secondary N) is 1. The molecule has 0 radical (unpaired) electrons. The molecule has 0 spiro atoms. The van der Waals surface area contributed by atoms with Gasteiger partial charge in [-0.05, 0) is 87.7 Å². The van der Waals surface area contributed by atoms with Gasteiger partial charge in [0.2, 0.25) is 0 Å². The van der Waals surface area contributed by atoms with Crippen LogP contribution < -0.4 is 21.9 Å². The van der Waals surface area contributed by atoms with Gasteiger partial charge in [0.05, 0.1) is 23.1 Å². The zero-order chi connectivity index (χ0) is 29.2. The average molecular weight is 556 g/mol. The molecule has 3 aromatic rings. The van der Waals surface area contributed by atoms with Crippen molar-refractivity contribution in [3.05, 3.63) is 81.8 Å². The van der Waals surface area contributed by atoms with E-state index in [2.05, 4.69) is 15.3 Å². The van der Waals surface area contributed by atoms with Crippen LogP contribution in [0.1, 0.15) is 63.1 Å². The average Bonchev–Trinajstić information content (AvgIpc) is 3.23. The van der Waals surface area contributed by atoms with Gasteiger partial charge in [0.25, 0.3) is 5.91 Å².